The highest BCUT2D eigenvalue weighted by Crippen LogP contribution is 2.26. The molecule has 2 aromatic rings. The van der Waals surface area contributed by atoms with Crippen LogP contribution in [0, 0.1) is 5.82 Å². The first-order valence-corrected chi connectivity index (χ1v) is 6.60. The lowest BCUT2D eigenvalue weighted by Crippen LogP contribution is -2.07. The van der Waals surface area contributed by atoms with Crippen molar-refractivity contribution >= 4 is 11.9 Å². The van der Waals surface area contributed by atoms with Gasteiger partial charge in [0.15, 0.2) is 0 Å². The van der Waals surface area contributed by atoms with Crippen molar-refractivity contribution in [3.63, 3.8) is 0 Å². The highest BCUT2D eigenvalue weighted by atomic mass is 19.1. The summed E-state index contributed by atoms with van der Waals surface area (Å²) >= 11 is 0. The average molecular weight is 304 g/mol. The van der Waals surface area contributed by atoms with Gasteiger partial charge in [0, 0.05) is 12.5 Å². The predicted octanol–water partition coefficient (Wildman–Crippen LogP) is 3.77. The Hall–Kier alpha value is -2.69. The molecule has 0 saturated heterocycles. The van der Waals surface area contributed by atoms with E-state index in [0.717, 1.165) is 12.5 Å². The Morgan fingerprint density at radius 2 is 1.59 bits per heavy atom. The maximum Gasteiger partial charge on any atom is 0.310 e. The lowest BCUT2D eigenvalue weighted by molar-refractivity contribution is -0.138. The van der Waals surface area contributed by atoms with Crippen molar-refractivity contribution in [2.24, 2.45) is 0 Å². The van der Waals surface area contributed by atoms with Crippen LogP contribution in [0.4, 0.5) is 4.39 Å². The molecule has 1 unspecified atom stereocenters. The number of carboxylic acid groups (broad SMARTS) is 2. The Balaban J connectivity index is 0.000000541. The molecule has 2 aromatic carbocycles. The normalized spacial score (nSPS) is 11.0. The molecule has 0 aliphatic heterocycles. The number of carbonyl (C=O) groups is 2. The van der Waals surface area contributed by atoms with Crippen LogP contribution in [-0.4, -0.2) is 22.2 Å². The van der Waals surface area contributed by atoms with Crippen molar-refractivity contribution in [1.29, 1.82) is 0 Å². The smallest absolute Gasteiger partial charge is 0.310 e. The lowest BCUT2D eigenvalue weighted by Gasteiger charge is -2.09. The fourth-order valence-electron chi connectivity index (χ4n) is 1.80. The molecular weight excluding hydrogens is 287 g/mol. The molecule has 0 aromatic heterocycles. The number of benzene rings is 2. The molecule has 0 spiro atoms. The molecule has 0 aliphatic rings. The minimum absolute atomic E-state index is 0.396. The van der Waals surface area contributed by atoms with Crippen LogP contribution >= 0.6 is 0 Å². The average Bonchev–Trinajstić information content (AvgIpc) is 2.46. The van der Waals surface area contributed by atoms with E-state index in [-0.39, 0.29) is 0 Å². The summed E-state index contributed by atoms with van der Waals surface area (Å²) in [5, 5.41) is 16.3. The van der Waals surface area contributed by atoms with Crippen LogP contribution in [0.15, 0.2) is 48.5 Å². The van der Waals surface area contributed by atoms with Crippen LogP contribution < -0.4 is 0 Å². The summed E-state index contributed by atoms with van der Waals surface area (Å²) in [4.78, 5) is 19.8. The standard InChI is InChI=1S/C15H13FO2.C2H4O2/c1-10(15(17)18)12-7-8-13(14(16)9-12)11-5-3-2-4-6-11;1-2(3)4/h2-10H,1H3,(H,17,18);1H3,(H,3,4). The van der Waals surface area contributed by atoms with Gasteiger partial charge in [-0.15, -0.1) is 0 Å². The van der Waals surface area contributed by atoms with E-state index in [1.165, 1.54) is 6.07 Å². The fourth-order valence-corrected chi connectivity index (χ4v) is 1.80. The molecular formula is C17H17FO4. The molecule has 0 fully saturated rings. The molecule has 0 amide bonds. The summed E-state index contributed by atoms with van der Waals surface area (Å²) in [5.41, 5.74) is 1.74. The number of hydrogen-bond acceptors (Lipinski definition) is 2. The SMILES string of the molecule is CC(=O)O.CC(C(=O)O)c1ccc(-c2ccccc2)c(F)c1. The molecule has 116 valence electrons. The van der Waals surface area contributed by atoms with Gasteiger partial charge >= 0.3 is 5.97 Å². The van der Waals surface area contributed by atoms with Gasteiger partial charge in [0.05, 0.1) is 5.92 Å². The molecule has 0 saturated carbocycles. The van der Waals surface area contributed by atoms with E-state index >= 15 is 0 Å². The third-order valence-corrected chi connectivity index (χ3v) is 2.95. The summed E-state index contributed by atoms with van der Waals surface area (Å²) in [6, 6.07) is 13.7. The van der Waals surface area contributed by atoms with E-state index in [9.17, 15) is 9.18 Å². The lowest BCUT2D eigenvalue weighted by atomic mass is 9.97. The molecule has 0 aliphatic carbocycles. The molecule has 0 bridgehead atoms. The van der Waals surface area contributed by atoms with Gasteiger partial charge in [-0.2, -0.15) is 0 Å². The van der Waals surface area contributed by atoms with Gasteiger partial charge in [-0.05, 0) is 24.1 Å². The first-order chi connectivity index (χ1) is 10.3. The fraction of sp³-hybridized carbons (Fsp3) is 0.176. The van der Waals surface area contributed by atoms with Crippen molar-refractivity contribution in [3.05, 3.63) is 59.9 Å². The van der Waals surface area contributed by atoms with Crippen molar-refractivity contribution in [2.75, 3.05) is 0 Å². The van der Waals surface area contributed by atoms with E-state index in [1.54, 1.807) is 19.1 Å². The van der Waals surface area contributed by atoms with E-state index in [0.29, 0.717) is 11.1 Å². The Bertz CT molecular complexity index is 649. The van der Waals surface area contributed by atoms with Gasteiger partial charge in [0.2, 0.25) is 0 Å². The molecule has 4 nitrogen and oxygen atoms in total. The Labute approximate surface area is 127 Å². The second kappa shape index (κ2) is 7.93. The summed E-state index contributed by atoms with van der Waals surface area (Å²) in [6.45, 7) is 2.62. The summed E-state index contributed by atoms with van der Waals surface area (Å²) in [6.07, 6.45) is 0. The molecule has 5 heteroatoms. The van der Waals surface area contributed by atoms with Crippen molar-refractivity contribution in [3.8, 4) is 11.1 Å². The number of carboxylic acids is 2. The van der Waals surface area contributed by atoms with Crippen molar-refractivity contribution < 1.29 is 24.2 Å². The van der Waals surface area contributed by atoms with Gasteiger partial charge < -0.3 is 10.2 Å². The zero-order valence-electron chi connectivity index (χ0n) is 12.3. The first kappa shape index (κ1) is 17.4. The van der Waals surface area contributed by atoms with Crippen molar-refractivity contribution in [1.82, 2.24) is 0 Å². The summed E-state index contributed by atoms with van der Waals surface area (Å²) in [7, 11) is 0. The van der Waals surface area contributed by atoms with Gasteiger partial charge in [-0.25, -0.2) is 4.39 Å². The van der Waals surface area contributed by atoms with Crippen LogP contribution in [0.25, 0.3) is 11.1 Å². The van der Waals surface area contributed by atoms with E-state index in [1.807, 2.05) is 30.3 Å². The second-order valence-electron chi connectivity index (χ2n) is 4.68. The van der Waals surface area contributed by atoms with Gasteiger partial charge in [-0.3, -0.25) is 9.59 Å². The molecule has 0 heterocycles. The van der Waals surface area contributed by atoms with Crippen molar-refractivity contribution in [2.45, 2.75) is 19.8 Å². The molecule has 2 rings (SSSR count). The van der Waals surface area contributed by atoms with E-state index in [4.69, 9.17) is 15.0 Å². The Morgan fingerprint density at radius 3 is 2.05 bits per heavy atom. The zero-order chi connectivity index (χ0) is 16.7. The number of rotatable bonds is 3. The second-order valence-corrected chi connectivity index (χ2v) is 4.68. The van der Waals surface area contributed by atoms with Gasteiger partial charge in [-0.1, -0.05) is 42.5 Å². The van der Waals surface area contributed by atoms with Crippen LogP contribution in [0.2, 0.25) is 0 Å². The van der Waals surface area contributed by atoms with Crippen LogP contribution in [0.5, 0.6) is 0 Å². The number of aliphatic carboxylic acids is 2. The molecule has 22 heavy (non-hydrogen) atoms. The third-order valence-electron chi connectivity index (χ3n) is 2.95. The molecule has 2 N–H and O–H groups in total. The zero-order valence-corrected chi connectivity index (χ0v) is 12.3. The predicted molar refractivity (Wildman–Crippen MR) is 81.2 cm³/mol. The monoisotopic (exact) mass is 304 g/mol. The Morgan fingerprint density at radius 1 is 1.05 bits per heavy atom. The minimum atomic E-state index is -0.957. The third kappa shape index (κ3) is 5.01. The quantitative estimate of drug-likeness (QED) is 0.905. The van der Waals surface area contributed by atoms with Crippen LogP contribution in [0.1, 0.15) is 25.3 Å². The maximum atomic E-state index is 14.0. The number of hydrogen-bond donors (Lipinski definition) is 2. The Kier molecular flexibility index (Phi) is 6.25. The summed E-state index contributed by atoms with van der Waals surface area (Å²) in [5.74, 6) is -2.89. The summed E-state index contributed by atoms with van der Waals surface area (Å²) < 4.78 is 14.0. The van der Waals surface area contributed by atoms with E-state index in [2.05, 4.69) is 0 Å². The molecule has 0 radical (unpaired) electrons. The highest BCUT2D eigenvalue weighted by molar-refractivity contribution is 5.76. The first-order valence-electron chi connectivity index (χ1n) is 6.60. The maximum absolute atomic E-state index is 14.0. The van der Waals surface area contributed by atoms with Gasteiger partial charge in [0.25, 0.3) is 5.97 Å². The van der Waals surface area contributed by atoms with Crippen LogP contribution in [-0.2, 0) is 9.59 Å². The highest BCUT2D eigenvalue weighted by Gasteiger charge is 2.15. The minimum Gasteiger partial charge on any atom is -0.481 e. The largest absolute Gasteiger partial charge is 0.481 e. The van der Waals surface area contributed by atoms with E-state index < -0.39 is 23.7 Å². The molecule has 1 atom stereocenters. The number of halogens is 1. The topological polar surface area (TPSA) is 74.6 Å². The van der Waals surface area contributed by atoms with Crippen LogP contribution in [0.3, 0.4) is 0 Å². The van der Waals surface area contributed by atoms with Gasteiger partial charge in [0.1, 0.15) is 5.82 Å².